The van der Waals surface area contributed by atoms with Crippen molar-refractivity contribution in [1.29, 1.82) is 0 Å². The van der Waals surface area contributed by atoms with E-state index in [1.54, 1.807) is 0 Å². The van der Waals surface area contributed by atoms with Crippen molar-refractivity contribution in [2.45, 2.75) is 76.2 Å². The van der Waals surface area contributed by atoms with E-state index in [9.17, 15) is 4.57 Å². The van der Waals surface area contributed by atoms with E-state index < -0.39 is 13.4 Å². The SMILES string of the molecule is CCCCCC[C@@H]1COc2cc([C@@H]3CC[C@](N)(COP(=O)(O)O)C3)ccc2C1. The van der Waals surface area contributed by atoms with Gasteiger partial charge < -0.3 is 20.3 Å². The minimum atomic E-state index is -4.49. The second-order valence-electron chi connectivity index (χ2n) is 8.66. The van der Waals surface area contributed by atoms with Crippen LogP contribution in [0.15, 0.2) is 18.2 Å². The van der Waals surface area contributed by atoms with Gasteiger partial charge in [-0.05, 0) is 61.1 Å². The van der Waals surface area contributed by atoms with Gasteiger partial charge in [0.05, 0.1) is 13.2 Å². The fourth-order valence-electron chi connectivity index (χ4n) is 4.54. The fraction of sp³-hybridized carbons (Fsp3) is 0.714. The van der Waals surface area contributed by atoms with Gasteiger partial charge in [0, 0.05) is 5.54 Å². The van der Waals surface area contributed by atoms with Crippen molar-refractivity contribution >= 4 is 7.82 Å². The predicted octanol–water partition coefficient (Wildman–Crippen LogP) is 4.28. The highest BCUT2D eigenvalue weighted by atomic mass is 31.2. The number of benzene rings is 1. The Labute approximate surface area is 168 Å². The molecule has 1 aromatic carbocycles. The number of unbranched alkanes of at least 4 members (excludes halogenated alkanes) is 3. The maximum atomic E-state index is 11.0. The summed E-state index contributed by atoms with van der Waals surface area (Å²) in [5.41, 5.74) is 8.12. The van der Waals surface area contributed by atoms with Gasteiger partial charge >= 0.3 is 7.82 Å². The zero-order valence-corrected chi connectivity index (χ0v) is 17.7. The Bertz CT molecular complexity index is 706. The van der Waals surface area contributed by atoms with Gasteiger partial charge in [0.15, 0.2) is 0 Å². The first-order valence-electron chi connectivity index (χ1n) is 10.5. The van der Waals surface area contributed by atoms with Crippen LogP contribution in [0.2, 0.25) is 0 Å². The van der Waals surface area contributed by atoms with Gasteiger partial charge in [0.2, 0.25) is 0 Å². The molecule has 0 unspecified atom stereocenters. The summed E-state index contributed by atoms with van der Waals surface area (Å²) in [6.45, 7) is 2.92. The summed E-state index contributed by atoms with van der Waals surface area (Å²) < 4.78 is 21.7. The molecule has 7 heteroatoms. The molecule has 28 heavy (non-hydrogen) atoms. The average molecular weight is 411 g/mol. The van der Waals surface area contributed by atoms with Crippen molar-refractivity contribution in [3.8, 4) is 5.75 Å². The van der Waals surface area contributed by atoms with Crippen LogP contribution in [0.4, 0.5) is 0 Å². The Morgan fingerprint density at radius 1 is 1.32 bits per heavy atom. The molecule has 0 spiro atoms. The van der Waals surface area contributed by atoms with Crippen LogP contribution in [0.1, 0.15) is 75.3 Å². The number of hydrogen-bond acceptors (Lipinski definition) is 4. The van der Waals surface area contributed by atoms with Crippen LogP contribution >= 0.6 is 7.82 Å². The third-order valence-corrected chi connectivity index (χ3v) is 6.64. The Morgan fingerprint density at radius 2 is 2.14 bits per heavy atom. The molecule has 1 aliphatic carbocycles. The van der Waals surface area contributed by atoms with Gasteiger partial charge in [0.25, 0.3) is 0 Å². The molecule has 1 heterocycles. The number of phosphoric ester groups is 1. The van der Waals surface area contributed by atoms with Crippen molar-refractivity contribution in [2.75, 3.05) is 13.2 Å². The number of hydrogen-bond donors (Lipinski definition) is 3. The molecule has 0 saturated heterocycles. The van der Waals surface area contributed by atoms with Gasteiger partial charge in [-0.2, -0.15) is 0 Å². The lowest BCUT2D eigenvalue weighted by molar-refractivity contribution is 0.153. The monoisotopic (exact) mass is 411 g/mol. The number of phosphoric acid groups is 1. The molecule has 0 amide bonds. The maximum Gasteiger partial charge on any atom is 0.469 e. The highest BCUT2D eigenvalue weighted by Gasteiger charge is 2.38. The second kappa shape index (κ2) is 9.27. The largest absolute Gasteiger partial charge is 0.493 e. The van der Waals surface area contributed by atoms with Crippen LogP contribution in [0.5, 0.6) is 5.75 Å². The van der Waals surface area contributed by atoms with Crippen LogP contribution in [0.25, 0.3) is 0 Å². The smallest absolute Gasteiger partial charge is 0.469 e. The molecule has 1 fully saturated rings. The van der Waals surface area contributed by atoms with E-state index in [1.807, 2.05) is 0 Å². The molecule has 3 atom stereocenters. The lowest BCUT2D eigenvalue weighted by Gasteiger charge is -2.27. The molecule has 0 aromatic heterocycles. The number of nitrogens with two attached hydrogens (primary N) is 1. The predicted molar refractivity (Wildman–Crippen MR) is 109 cm³/mol. The van der Waals surface area contributed by atoms with Crippen LogP contribution < -0.4 is 10.5 Å². The zero-order chi connectivity index (χ0) is 20.2. The van der Waals surface area contributed by atoms with E-state index >= 15 is 0 Å². The minimum Gasteiger partial charge on any atom is -0.493 e. The quantitative estimate of drug-likeness (QED) is 0.414. The van der Waals surface area contributed by atoms with E-state index in [4.69, 9.17) is 20.3 Å². The van der Waals surface area contributed by atoms with Crippen LogP contribution in [0.3, 0.4) is 0 Å². The lowest BCUT2D eigenvalue weighted by Crippen LogP contribution is -2.41. The van der Waals surface area contributed by atoms with Crippen molar-refractivity contribution in [2.24, 2.45) is 11.7 Å². The second-order valence-corrected chi connectivity index (χ2v) is 9.90. The van der Waals surface area contributed by atoms with Gasteiger partial charge in [-0.25, -0.2) is 4.57 Å². The molecule has 4 N–H and O–H groups in total. The topological polar surface area (TPSA) is 102 Å². The van der Waals surface area contributed by atoms with Crippen molar-refractivity contribution in [3.63, 3.8) is 0 Å². The van der Waals surface area contributed by atoms with E-state index in [-0.39, 0.29) is 12.5 Å². The summed E-state index contributed by atoms with van der Waals surface area (Å²) in [6.07, 6.45) is 9.74. The standard InChI is InChI=1S/C21H34NO5P/c1-2-3-4-5-6-16-11-18-8-7-17(12-20(18)26-14-16)19-9-10-21(22,13-19)15-27-28(23,24)25/h7-8,12,16,19H,2-6,9-11,13-15,22H2,1H3,(H2,23,24,25)/t16-,19+,21+/m0/s1. The molecule has 2 aliphatic rings. The van der Waals surface area contributed by atoms with Crippen molar-refractivity contribution in [1.82, 2.24) is 0 Å². The summed E-state index contributed by atoms with van der Waals surface area (Å²) >= 11 is 0. The normalized spacial score (nSPS) is 27.4. The molecule has 3 rings (SSSR count). The molecule has 1 aliphatic heterocycles. The summed E-state index contributed by atoms with van der Waals surface area (Å²) in [4.78, 5) is 17.9. The molecule has 1 aromatic rings. The molecule has 6 nitrogen and oxygen atoms in total. The van der Waals surface area contributed by atoms with Gasteiger partial charge in [-0.1, -0.05) is 44.7 Å². The Hall–Kier alpha value is -0.910. The summed E-state index contributed by atoms with van der Waals surface area (Å²) in [7, 11) is -4.49. The molecule has 1 saturated carbocycles. The van der Waals surface area contributed by atoms with Crippen LogP contribution in [-0.2, 0) is 15.5 Å². The van der Waals surface area contributed by atoms with Crippen LogP contribution in [0, 0.1) is 5.92 Å². The fourth-order valence-corrected chi connectivity index (χ4v) is 4.96. The van der Waals surface area contributed by atoms with Crippen molar-refractivity contribution in [3.05, 3.63) is 29.3 Å². The molecular formula is C21H34NO5P. The highest BCUT2D eigenvalue weighted by Crippen LogP contribution is 2.44. The van der Waals surface area contributed by atoms with E-state index in [2.05, 4.69) is 29.6 Å². The Balaban J connectivity index is 1.56. The lowest BCUT2D eigenvalue weighted by atomic mass is 9.88. The maximum absolute atomic E-state index is 11.0. The summed E-state index contributed by atoms with van der Waals surface area (Å²) in [5, 5.41) is 0. The third kappa shape index (κ3) is 6.04. The van der Waals surface area contributed by atoms with Gasteiger partial charge in [-0.3, -0.25) is 4.52 Å². The van der Waals surface area contributed by atoms with E-state index in [0.717, 1.165) is 25.2 Å². The first-order valence-corrected chi connectivity index (χ1v) is 12.1. The molecule has 0 bridgehead atoms. The number of rotatable bonds is 9. The van der Waals surface area contributed by atoms with E-state index in [1.165, 1.54) is 43.2 Å². The van der Waals surface area contributed by atoms with Gasteiger partial charge in [0.1, 0.15) is 5.75 Å². The molecule has 158 valence electrons. The first-order chi connectivity index (χ1) is 13.3. The minimum absolute atomic E-state index is 0.116. The van der Waals surface area contributed by atoms with E-state index in [0.29, 0.717) is 18.8 Å². The zero-order valence-electron chi connectivity index (χ0n) is 16.8. The Morgan fingerprint density at radius 3 is 2.89 bits per heavy atom. The molecule has 0 radical (unpaired) electrons. The van der Waals surface area contributed by atoms with Crippen molar-refractivity contribution < 1.29 is 23.6 Å². The number of fused-ring (bicyclic) bond motifs is 1. The number of ether oxygens (including phenoxy) is 1. The van der Waals surface area contributed by atoms with Crippen LogP contribution in [-0.4, -0.2) is 28.5 Å². The third-order valence-electron chi connectivity index (χ3n) is 6.18. The average Bonchev–Trinajstić information content (AvgIpc) is 3.05. The first kappa shape index (κ1) is 21.8. The summed E-state index contributed by atoms with van der Waals surface area (Å²) in [5.74, 6) is 1.87. The highest BCUT2D eigenvalue weighted by molar-refractivity contribution is 7.46. The molecular weight excluding hydrogens is 377 g/mol. The summed E-state index contributed by atoms with van der Waals surface area (Å²) in [6, 6.07) is 6.50. The van der Waals surface area contributed by atoms with Gasteiger partial charge in [-0.15, -0.1) is 0 Å². The Kier molecular flexibility index (Phi) is 7.21.